The van der Waals surface area contributed by atoms with Crippen molar-refractivity contribution < 1.29 is 18.5 Å². The lowest BCUT2D eigenvalue weighted by molar-refractivity contribution is -0.113. The van der Waals surface area contributed by atoms with Gasteiger partial charge < -0.3 is 20.0 Å². The third-order valence-corrected chi connectivity index (χ3v) is 1.40. The first-order valence-corrected chi connectivity index (χ1v) is 4.37. The number of carbonyl (C=O) groups excluding carboxylic acids is 2. The molecule has 0 saturated heterocycles. The van der Waals surface area contributed by atoms with Crippen LogP contribution in [0.4, 0.5) is 4.79 Å². The molecule has 0 aromatic carbocycles. The zero-order valence-electron chi connectivity index (χ0n) is 7.77. The summed E-state index contributed by atoms with van der Waals surface area (Å²) in [7, 11) is 1.39. The Morgan fingerprint density at radius 3 is 2.64 bits per heavy atom. The Labute approximate surface area is 85.4 Å². The van der Waals surface area contributed by atoms with Gasteiger partial charge in [0.2, 0.25) is 12.2 Å². The molecule has 14 heavy (non-hydrogen) atoms. The number of nitrogens with two attached hydrogens (primary N) is 1. The minimum Gasteiger partial charge on any atom is -0.474 e. The molecule has 0 aliphatic heterocycles. The molecule has 8 heteroatoms. The van der Waals surface area contributed by atoms with Crippen molar-refractivity contribution in [1.82, 2.24) is 5.32 Å². The summed E-state index contributed by atoms with van der Waals surface area (Å²) in [6, 6.07) is 0. The summed E-state index contributed by atoms with van der Waals surface area (Å²) < 4.78 is 12.6. The fraction of sp³-hybridized carbons (Fsp3) is 0.500. The monoisotopic (exact) mass is 221 g/mol. The maximum Gasteiger partial charge on any atom is 0.420 e. The van der Waals surface area contributed by atoms with E-state index in [2.05, 4.69) is 13.9 Å². The van der Waals surface area contributed by atoms with Crippen molar-refractivity contribution in [2.75, 3.05) is 13.7 Å². The quantitative estimate of drug-likeness (QED) is 0.298. The van der Waals surface area contributed by atoms with Crippen LogP contribution in [0.3, 0.4) is 0 Å². The molecule has 0 rings (SSSR count). The van der Waals surface area contributed by atoms with Crippen LogP contribution < -0.4 is 11.1 Å². The van der Waals surface area contributed by atoms with E-state index in [4.69, 9.17) is 10.5 Å². The summed E-state index contributed by atoms with van der Waals surface area (Å²) in [5, 5.41) is 2.19. The van der Waals surface area contributed by atoms with Crippen LogP contribution >= 0.6 is 12.2 Å². The van der Waals surface area contributed by atoms with Crippen molar-refractivity contribution >= 4 is 30.1 Å². The minimum atomic E-state index is -0.820. The summed E-state index contributed by atoms with van der Waals surface area (Å²) in [4.78, 5) is 21.2. The van der Waals surface area contributed by atoms with Gasteiger partial charge in [0.1, 0.15) is 0 Å². The van der Waals surface area contributed by atoms with Gasteiger partial charge in [0.25, 0.3) is 5.90 Å². The molecule has 0 spiro atoms. The zero-order valence-corrected chi connectivity index (χ0v) is 8.59. The second-order valence-electron chi connectivity index (χ2n) is 1.89. The van der Waals surface area contributed by atoms with Gasteiger partial charge in [-0.1, -0.05) is 0 Å². The van der Waals surface area contributed by atoms with Crippen molar-refractivity contribution in [2.45, 2.75) is 6.92 Å². The predicted molar refractivity (Wildman–Crippen MR) is 51.4 cm³/mol. The number of hydrogen-bond donors (Lipinski definition) is 2. The molecule has 2 amide bonds. The van der Waals surface area contributed by atoms with E-state index in [0.29, 0.717) is 12.2 Å². The maximum absolute atomic E-state index is 10.6. The minimum absolute atomic E-state index is 0.252. The first-order valence-electron chi connectivity index (χ1n) is 3.67. The maximum atomic E-state index is 10.6. The predicted octanol–water partition coefficient (Wildman–Crippen LogP) is -0.174. The average Bonchev–Trinajstić information content (AvgIpc) is 2.16. The standard InChI is InChI=1S/C6H11N3O4S/c1-3-12-5(4(7)10)9-14-13-6(11)8-2/h3H2,1-2H3,(H2,7,10)(H,8,11). The Morgan fingerprint density at radius 1 is 1.57 bits per heavy atom. The Hall–Kier alpha value is -1.44. The number of nitrogens with one attached hydrogen (secondary N) is 1. The molecule has 0 radical (unpaired) electrons. The first kappa shape index (κ1) is 12.6. The molecule has 0 saturated carbocycles. The van der Waals surface area contributed by atoms with E-state index in [-0.39, 0.29) is 12.5 Å². The zero-order chi connectivity index (χ0) is 11.0. The molecule has 0 atom stereocenters. The Kier molecular flexibility index (Phi) is 6.29. The number of carbonyl (C=O) groups is 2. The van der Waals surface area contributed by atoms with E-state index < -0.39 is 12.0 Å². The molecule has 0 unspecified atom stereocenters. The van der Waals surface area contributed by atoms with Gasteiger partial charge in [0.05, 0.1) is 6.61 Å². The molecular weight excluding hydrogens is 210 g/mol. The third kappa shape index (κ3) is 5.25. The SMILES string of the molecule is CCOC(=NSOC(=O)NC)C(N)=O. The van der Waals surface area contributed by atoms with Crippen molar-refractivity contribution in [2.24, 2.45) is 10.1 Å². The van der Waals surface area contributed by atoms with Gasteiger partial charge >= 0.3 is 12.0 Å². The highest BCUT2D eigenvalue weighted by atomic mass is 32.2. The highest BCUT2D eigenvalue weighted by Gasteiger charge is 2.08. The van der Waals surface area contributed by atoms with Gasteiger partial charge in [0, 0.05) is 7.05 Å². The number of ether oxygens (including phenoxy) is 1. The van der Waals surface area contributed by atoms with Gasteiger partial charge in [0.15, 0.2) is 0 Å². The largest absolute Gasteiger partial charge is 0.474 e. The van der Waals surface area contributed by atoms with E-state index in [1.54, 1.807) is 6.92 Å². The van der Waals surface area contributed by atoms with E-state index >= 15 is 0 Å². The molecule has 0 aromatic heterocycles. The van der Waals surface area contributed by atoms with Gasteiger partial charge in [-0.05, 0) is 6.92 Å². The lowest BCUT2D eigenvalue weighted by Gasteiger charge is -2.01. The van der Waals surface area contributed by atoms with Crippen LogP contribution in [0.25, 0.3) is 0 Å². The summed E-state index contributed by atoms with van der Waals surface area (Å²) in [6.45, 7) is 1.92. The third-order valence-electron chi connectivity index (χ3n) is 0.929. The molecule has 0 bridgehead atoms. The number of primary amides is 1. The van der Waals surface area contributed by atoms with Crippen LogP contribution in [0.1, 0.15) is 6.92 Å². The molecule has 3 N–H and O–H groups in total. The van der Waals surface area contributed by atoms with Crippen LogP contribution in [-0.4, -0.2) is 31.6 Å². The topological polar surface area (TPSA) is 103 Å². The number of amides is 2. The molecule has 0 aliphatic rings. The van der Waals surface area contributed by atoms with Crippen LogP contribution in [-0.2, 0) is 13.7 Å². The second-order valence-corrected chi connectivity index (χ2v) is 2.39. The summed E-state index contributed by atoms with van der Waals surface area (Å²) in [5.41, 5.74) is 4.91. The molecule has 0 fully saturated rings. The molecule has 7 nitrogen and oxygen atoms in total. The van der Waals surface area contributed by atoms with Crippen LogP contribution in [0.5, 0.6) is 0 Å². The smallest absolute Gasteiger partial charge is 0.420 e. The van der Waals surface area contributed by atoms with Gasteiger partial charge in [-0.25, -0.2) is 4.79 Å². The van der Waals surface area contributed by atoms with Gasteiger partial charge in [-0.2, -0.15) is 0 Å². The summed E-state index contributed by atoms with van der Waals surface area (Å²) in [6.07, 6.45) is -0.681. The van der Waals surface area contributed by atoms with Crippen molar-refractivity contribution in [3.8, 4) is 0 Å². The van der Waals surface area contributed by atoms with Gasteiger partial charge in [-0.3, -0.25) is 4.79 Å². The van der Waals surface area contributed by atoms with Crippen molar-refractivity contribution in [1.29, 1.82) is 0 Å². The number of nitrogens with zero attached hydrogens (tertiary/aromatic N) is 1. The highest BCUT2D eigenvalue weighted by Crippen LogP contribution is 2.05. The second kappa shape index (κ2) is 7.01. The van der Waals surface area contributed by atoms with Crippen LogP contribution in [0.15, 0.2) is 4.40 Å². The fourth-order valence-corrected chi connectivity index (χ4v) is 0.806. The Morgan fingerprint density at radius 2 is 2.21 bits per heavy atom. The van der Waals surface area contributed by atoms with Crippen molar-refractivity contribution in [3.05, 3.63) is 0 Å². The summed E-state index contributed by atoms with van der Waals surface area (Å²) >= 11 is 0.412. The van der Waals surface area contributed by atoms with E-state index in [9.17, 15) is 9.59 Å². The van der Waals surface area contributed by atoms with Gasteiger partial charge in [-0.15, -0.1) is 4.40 Å². The average molecular weight is 221 g/mol. The van der Waals surface area contributed by atoms with Crippen LogP contribution in [0.2, 0.25) is 0 Å². The lowest BCUT2D eigenvalue weighted by atomic mass is 10.6. The van der Waals surface area contributed by atoms with E-state index in [0.717, 1.165) is 0 Å². The molecule has 80 valence electrons. The molecule has 0 heterocycles. The molecular formula is C6H11N3O4S. The molecule has 0 aliphatic carbocycles. The normalized spacial score (nSPS) is 10.6. The Balaban J connectivity index is 4.03. The lowest BCUT2D eigenvalue weighted by Crippen LogP contribution is -2.25. The van der Waals surface area contributed by atoms with Crippen molar-refractivity contribution in [3.63, 3.8) is 0 Å². The number of hydrogen-bond acceptors (Lipinski definition) is 6. The summed E-state index contributed by atoms with van der Waals surface area (Å²) in [5.74, 6) is -1.11. The number of rotatable bonds is 3. The fourth-order valence-electron chi connectivity index (χ4n) is 0.407. The van der Waals surface area contributed by atoms with Crippen LogP contribution in [0, 0.1) is 0 Å². The van der Waals surface area contributed by atoms with E-state index in [1.807, 2.05) is 0 Å². The Bertz CT molecular complexity index is 243. The molecule has 0 aromatic rings. The highest BCUT2D eigenvalue weighted by molar-refractivity contribution is 7.93. The van der Waals surface area contributed by atoms with E-state index in [1.165, 1.54) is 7.05 Å². The first-order chi connectivity index (χ1) is 6.61.